The molecule has 2 fully saturated rings. The molecule has 0 saturated carbocycles. The molecule has 2 amide bonds. The maximum Gasteiger partial charge on any atom is 0.323 e. The number of amides is 2. The topological polar surface area (TPSA) is 87.0 Å². The molecule has 3 heterocycles. The number of aromatic nitrogens is 1. The molecule has 172 valence electrons. The van der Waals surface area contributed by atoms with Crippen LogP contribution in [0.3, 0.4) is 0 Å². The third-order valence-electron chi connectivity index (χ3n) is 6.55. The van der Waals surface area contributed by atoms with Crippen molar-refractivity contribution < 1.29 is 9.53 Å². The quantitative estimate of drug-likeness (QED) is 0.673. The number of nitrogens with two attached hydrogens (primary N) is 1. The lowest BCUT2D eigenvalue weighted by molar-refractivity contribution is 0.00755. The number of nitrogen functional groups attached to an aromatic ring is 1. The maximum atomic E-state index is 12.8. The first kappa shape index (κ1) is 22.4. The second kappa shape index (κ2) is 9.75. The van der Waals surface area contributed by atoms with Crippen LogP contribution in [-0.2, 0) is 6.42 Å². The summed E-state index contributed by atoms with van der Waals surface area (Å²) in [6.45, 7) is 5.86. The highest BCUT2D eigenvalue weighted by Crippen LogP contribution is 2.29. The fourth-order valence-corrected chi connectivity index (χ4v) is 4.38. The number of rotatable bonds is 6. The van der Waals surface area contributed by atoms with Gasteiger partial charge in [0.15, 0.2) is 0 Å². The average molecular weight is 439 g/mol. The lowest BCUT2D eigenvalue weighted by atomic mass is 9.97. The van der Waals surface area contributed by atoms with Crippen molar-refractivity contribution in [2.45, 2.75) is 38.3 Å². The number of urea groups is 1. The molecule has 2 saturated heterocycles. The van der Waals surface area contributed by atoms with Crippen molar-refractivity contribution in [2.75, 3.05) is 51.3 Å². The van der Waals surface area contributed by atoms with E-state index >= 15 is 0 Å². The van der Waals surface area contributed by atoms with Crippen molar-refractivity contribution in [1.29, 1.82) is 0 Å². The molecule has 0 radical (unpaired) electrons. The Balaban J connectivity index is 1.30. The van der Waals surface area contributed by atoms with Gasteiger partial charge in [0.2, 0.25) is 0 Å². The fraction of sp³-hybridized carbons (Fsp3) is 0.500. The van der Waals surface area contributed by atoms with Crippen molar-refractivity contribution in [3.8, 4) is 11.5 Å². The van der Waals surface area contributed by atoms with Crippen LogP contribution in [0.1, 0.15) is 25.3 Å². The molecule has 2 aliphatic rings. The number of ether oxygens (including phenoxy) is 1. The lowest BCUT2D eigenvalue weighted by Gasteiger charge is -2.49. The highest BCUT2D eigenvalue weighted by atomic mass is 16.5. The molecule has 2 aromatic rings. The van der Waals surface area contributed by atoms with Gasteiger partial charge in [-0.2, -0.15) is 0 Å². The number of pyridine rings is 1. The Morgan fingerprint density at radius 2 is 1.97 bits per heavy atom. The molecule has 0 aliphatic carbocycles. The second-order valence-corrected chi connectivity index (χ2v) is 8.92. The standard InChI is InChI=1S/C24H34N6O2/c1-4-17-13-18(25)5-6-22(17)32-21-7-10-26-23(14-21)27-24(31)29-11-8-19(9-12-29)30-15-20(16-30)28(2)3/h5-7,10,13-14,19-20H,4,8-9,11-12,15-16,25H2,1-3H3,(H,26,27,31). The number of carbonyl (C=O) groups is 1. The van der Waals surface area contributed by atoms with Crippen molar-refractivity contribution in [3.63, 3.8) is 0 Å². The van der Waals surface area contributed by atoms with Crippen molar-refractivity contribution in [3.05, 3.63) is 42.1 Å². The van der Waals surface area contributed by atoms with Gasteiger partial charge in [-0.1, -0.05) is 6.92 Å². The molecule has 8 heteroatoms. The van der Waals surface area contributed by atoms with E-state index in [2.05, 4.69) is 41.1 Å². The summed E-state index contributed by atoms with van der Waals surface area (Å²) in [5.41, 5.74) is 7.63. The van der Waals surface area contributed by atoms with E-state index in [1.165, 1.54) is 0 Å². The van der Waals surface area contributed by atoms with Crippen LogP contribution in [0.2, 0.25) is 0 Å². The number of aryl methyl sites for hydroxylation is 1. The van der Waals surface area contributed by atoms with E-state index in [1.807, 2.05) is 23.1 Å². The smallest absolute Gasteiger partial charge is 0.323 e. The molecule has 0 bridgehead atoms. The van der Waals surface area contributed by atoms with E-state index in [0.29, 0.717) is 29.3 Å². The van der Waals surface area contributed by atoms with Gasteiger partial charge in [-0.3, -0.25) is 10.2 Å². The van der Waals surface area contributed by atoms with Gasteiger partial charge < -0.3 is 20.3 Å². The Morgan fingerprint density at radius 1 is 1.22 bits per heavy atom. The summed E-state index contributed by atoms with van der Waals surface area (Å²) in [7, 11) is 4.28. The molecule has 2 aliphatic heterocycles. The molecular formula is C24H34N6O2. The summed E-state index contributed by atoms with van der Waals surface area (Å²) in [4.78, 5) is 23.8. The van der Waals surface area contributed by atoms with Gasteiger partial charge >= 0.3 is 6.03 Å². The zero-order valence-corrected chi connectivity index (χ0v) is 19.3. The fourth-order valence-electron chi connectivity index (χ4n) is 4.38. The number of hydrogen-bond acceptors (Lipinski definition) is 6. The third kappa shape index (κ3) is 5.14. The minimum absolute atomic E-state index is 0.107. The SMILES string of the molecule is CCc1cc(N)ccc1Oc1ccnc(NC(=O)N2CCC(N3CC(N(C)C)C3)CC2)c1. The van der Waals surface area contributed by atoms with Gasteiger partial charge in [-0.15, -0.1) is 0 Å². The van der Waals surface area contributed by atoms with Gasteiger partial charge in [0.1, 0.15) is 17.3 Å². The van der Waals surface area contributed by atoms with E-state index in [1.54, 1.807) is 18.3 Å². The predicted octanol–water partition coefficient (Wildman–Crippen LogP) is 3.26. The molecule has 0 unspecified atom stereocenters. The van der Waals surface area contributed by atoms with E-state index in [4.69, 9.17) is 10.5 Å². The second-order valence-electron chi connectivity index (χ2n) is 8.92. The molecule has 0 spiro atoms. The zero-order valence-electron chi connectivity index (χ0n) is 19.3. The minimum Gasteiger partial charge on any atom is -0.457 e. The van der Waals surface area contributed by atoms with Crippen LogP contribution in [0.15, 0.2) is 36.5 Å². The molecule has 8 nitrogen and oxygen atoms in total. The first-order valence-electron chi connectivity index (χ1n) is 11.4. The Labute approximate surface area is 190 Å². The summed E-state index contributed by atoms with van der Waals surface area (Å²) in [5, 5.41) is 2.93. The van der Waals surface area contributed by atoms with Crippen LogP contribution in [0.25, 0.3) is 0 Å². The van der Waals surface area contributed by atoms with Gasteiger partial charge in [-0.05, 0) is 63.2 Å². The number of anilines is 2. The first-order chi connectivity index (χ1) is 15.4. The Kier molecular flexibility index (Phi) is 6.81. The summed E-state index contributed by atoms with van der Waals surface area (Å²) in [5.74, 6) is 1.87. The third-order valence-corrected chi connectivity index (χ3v) is 6.55. The minimum atomic E-state index is -0.107. The largest absolute Gasteiger partial charge is 0.457 e. The number of likely N-dealkylation sites (N-methyl/N-ethyl adjacent to an activating group) is 1. The number of piperidine rings is 1. The molecule has 4 rings (SSSR count). The lowest BCUT2D eigenvalue weighted by Crippen LogP contribution is -2.62. The van der Waals surface area contributed by atoms with Crippen LogP contribution in [0.4, 0.5) is 16.3 Å². The van der Waals surface area contributed by atoms with E-state index in [9.17, 15) is 4.79 Å². The molecule has 3 N–H and O–H groups in total. The molecule has 1 aromatic heterocycles. The van der Waals surface area contributed by atoms with E-state index < -0.39 is 0 Å². The van der Waals surface area contributed by atoms with Crippen LogP contribution in [0.5, 0.6) is 11.5 Å². The number of nitrogens with zero attached hydrogens (tertiary/aromatic N) is 4. The number of benzene rings is 1. The molecule has 1 aromatic carbocycles. The Hall–Kier alpha value is -2.84. The number of nitrogens with one attached hydrogen (secondary N) is 1. The summed E-state index contributed by atoms with van der Waals surface area (Å²) in [6.07, 6.45) is 4.49. The van der Waals surface area contributed by atoms with Gasteiger partial charge in [0.25, 0.3) is 0 Å². The van der Waals surface area contributed by atoms with Crippen molar-refractivity contribution >= 4 is 17.5 Å². The Bertz CT molecular complexity index is 936. The van der Waals surface area contributed by atoms with Gasteiger partial charge in [0.05, 0.1) is 0 Å². The number of carbonyl (C=O) groups excluding carboxylic acids is 1. The zero-order chi connectivity index (χ0) is 22.7. The van der Waals surface area contributed by atoms with Crippen LogP contribution in [0, 0.1) is 0 Å². The first-order valence-corrected chi connectivity index (χ1v) is 11.4. The molecule has 0 atom stereocenters. The van der Waals surface area contributed by atoms with Crippen LogP contribution < -0.4 is 15.8 Å². The molecule has 32 heavy (non-hydrogen) atoms. The van der Waals surface area contributed by atoms with Crippen molar-refractivity contribution in [1.82, 2.24) is 19.7 Å². The van der Waals surface area contributed by atoms with Crippen LogP contribution in [-0.4, -0.2) is 78.1 Å². The maximum absolute atomic E-state index is 12.8. The predicted molar refractivity (Wildman–Crippen MR) is 127 cm³/mol. The van der Waals surface area contributed by atoms with E-state index in [-0.39, 0.29) is 6.03 Å². The monoisotopic (exact) mass is 438 g/mol. The molecular weight excluding hydrogens is 404 g/mol. The van der Waals surface area contributed by atoms with Gasteiger partial charge in [-0.25, -0.2) is 9.78 Å². The number of hydrogen-bond donors (Lipinski definition) is 2. The van der Waals surface area contributed by atoms with E-state index in [0.717, 1.165) is 56.8 Å². The summed E-state index contributed by atoms with van der Waals surface area (Å²) in [6, 6.07) is 10.3. The van der Waals surface area contributed by atoms with Crippen molar-refractivity contribution in [2.24, 2.45) is 0 Å². The summed E-state index contributed by atoms with van der Waals surface area (Å²) >= 11 is 0. The summed E-state index contributed by atoms with van der Waals surface area (Å²) < 4.78 is 6.04. The Morgan fingerprint density at radius 3 is 2.66 bits per heavy atom. The number of likely N-dealkylation sites (tertiary alicyclic amines) is 2. The van der Waals surface area contributed by atoms with Gasteiger partial charge in [0, 0.05) is 56.2 Å². The highest BCUT2D eigenvalue weighted by Gasteiger charge is 2.35. The average Bonchev–Trinajstić information content (AvgIpc) is 2.74. The normalized spacial score (nSPS) is 17.9. The van der Waals surface area contributed by atoms with Crippen LogP contribution >= 0.6 is 0 Å². The highest BCUT2D eigenvalue weighted by molar-refractivity contribution is 5.88.